The number of aromatic nitrogens is 3. The minimum Gasteiger partial charge on any atom is -0.470 e. The number of oxazole rings is 1. The number of fused-ring (bicyclic) bond motifs is 2. The van der Waals surface area contributed by atoms with Crippen molar-refractivity contribution < 1.29 is 13.5 Å². The average Bonchev–Trinajstić information content (AvgIpc) is 2.93. The van der Waals surface area contributed by atoms with Crippen LogP contribution in [-0.2, 0) is 7.05 Å². The Bertz CT molecular complexity index is 772. The van der Waals surface area contributed by atoms with E-state index in [0.717, 1.165) is 19.3 Å². The van der Waals surface area contributed by atoms with E-state index in [1.165, 1.54) is 10.8 Å². The summed E-state index contributed by atoms with van der Waals surface area (Å²) in [5.74, 6) is -0.173. The molecule has 2 fully saturated rings. The first-order chi connectivity index (χ1) is 11.6. The number of hydrogen-bond acceptors (Lipinski definition) is 6. The smallest absolute Gasteiger partial charge is 0.419 e. The summed E-state index contributed by atoms with van der Waals surface area (Å²) in [5, 5.41) is 11.4. The molecule has 4 atom stereocenters. The first kappa shape index (κ1) is 15.3. The molecular formula is C16H19FN4O3. The number of rotatable bonds is 3. The third kappa shape index (κ3) is 2.71. The molecule has 2 aliphatic rings. The zero-order valence-corrected chi connectivity index (χ0v) is 13.3. The predicted octanol–water partition coefficient (Wildman–Crippen LogP) is 1.44. The molecule has 0 aliphatic carbocycles. The van der Waals surface area contributed by atoms with Crippen molar-refractivity contribution in [2.45, 2.75) is 50.0 Å². The van der Waals surface area contributed by atoms with Crippen molar-refractivity contribution in [1.82, 2.24) is 20.1 Å². The molecular weight excluding hydrogens is 315 g/mol. The van der Waals surface area contributed by atoms with Gasteiger partial charge in [0.1, 0.15) is 23.8 Å². The Morgan fingerprint density at radius 2 is 2.25 bits per heavy atom. The van der Waals surface area contributed by atoms with E-state index < -0.39 is 18.0 Å². The zero-order valence-electron chi connectivity index (χ0n) is 13.3. The lowest BCUT2D eigenvalue weighted by atomic mass is 9.84. The topological polar surface area (TPSA) is 82.2 Å². The van der Waals surface area contributed by atoms with Gasteiger partial charge in [0.15, 0.2) is 6.17 Å². The summed E-state index contributed by atoms with van der Waals surface area (Å²) in [4.78, 5) is 11.4. The van der Waals surface area contributed by atoms with Crippen LogP contribution in [0.3, 0.4) is 0 Å². The van der Waals surface area contributed by atoms with Gasteiger partial charge in [0.25, 0.3) is 0 Å². The minimum absolute atomic E-state index is 0.129. The monoisotopic (exact) mass is 334 g/mol. The second-order valence-corrected chi connectivity index (χ2v) is 6.44. The third-order valence-corrected chi connectivity index (χ3v) is 4.86. The van der Waals surface area contributed by atoms with Gasteiger partial charge >= 0.3 is 5.76 Å². The van der Waals surface area contributed by atoms with Gasteiger partial charge in [0.05, 0.1) is 0 Å². The van der Waals surface area contributed by atoms with Gasteiger partial charge < -0.3 is 14.5 Å². The largest absolute Gasteiger partial charge is 0.470 e. The Hall–Kier alpha value is -2.22. The van der Waals surface area contributed by atoms with E-state index in [9.17, 15) is 9.18 Å². The zero-order chi connectivity index (χ0) is 16.7. The van der Waals surface area contributed by atoms with E-state index in [1.54, 1.807) is 19.2 Å². The first-order valence-corrected chi connectivity index (χ1v) is 8.17. The summed E-state index contributed by atoms with van der Waals surface area (Å²) >= 11 is 0. The van der Waals surface area contributed by atoms with Crippen LogP contribution >= 0.6 is 0 Å². The Morgan fingerprint density at radius 1 is 1.38 bits per heavy atom. The molecule has 0 amide bonds. The standard InChI is InChI=1S/C16H19FN4O3/c1-21-12(8-23-16(21)22)10-5-6-14(20-19-10)24-13-7-9-3-2-4-11(18-9)15(13)17/h5-6,8-9,11,13,15,18H,2-4,7H2,1H3/t9-,11+,13-,15+/m1/s1. The van der Waals surface area contributed by atoms with E-state index >= 15 is 0 Å². The Labute approximate surface area is 137 Å². The Balaban J connectivity index is 1.49. The van der Waals surface area contributed by atoms with Gasteiger partial charge in [-0.25, -0.2) is 9.18 Å². The second-order valence-electron chi connectivity index (χ2n) is 6.44. The van der Waals surface area contributed by atoms with Gasteiger partial charge in [-0.15, -0.1) is 10.2 Å². The van der Waals surface area contributed by atoms with Crippen LogP contribution < -0.4 is 15.8 Å². The average molecular weight is 334 g/mol. The van der Waals surface area contributed by atoms with Crippen molar-refractivity contribution in [1.29, 1.82) is 0 Å². The van der Waals surface area contributed by atoms with Crippen molar-refractivity contribution in [3.05, 3.63) is 28.9 Å². The molecule has 24 heavy (non-hydrogen) atoms. The van der Waals surface area contributed by atoms with Crippen LogP contribution in [0.15, 0.2) is 27.6 Å². The molecule has 0 saturated carbocycles. The molecule has 0 aromatic carbocycles. The number of ether oxygens (including phenoxy) is 1. The molecule has 2 bridgehead atoms. The quantitative estimate of drug-likeness (QED) is 0.914. The summed E-state index contributed by atoms with van der Waals surface area (Å²) in [6.45, 7) is 0. The molecule has 2 aromatic rings. The highest BCUT2D eigenvalue weighted by molar-refractivity contribution is 5.52. The molecule has 4 heterocycles. The van der Waals surface area contributed by atoms with E-state index in [0.29, 0.717) is 29.7 Å². The van der Waals surface area contributed by atoms with Gasteiger partial charge in [-0.2, -0.15) is 0 Å². The molecule has 2 saturated heterocycles. The van der Waals surface area contributed by atoms with Crippen molar-refractivity contribution in [2.75, 3.05) is 0 Å². The predicted molar refractivity (Wildman–Crippen MR) is 83.5 cm³/mol. The fourth-order valence-electron chi connectivity index (χ4n) is 3.54. The minimum atomic E-state index is -1.04. The van der Waals surface area contributed by atoms with Gasteiger partial charge in [-0.05, 0) is 18.9 Å². The molecule has 4 rings (SSSR count). The van der Waals surface area contributed by atoms with Crippen molar-refractivity contribution >= 4 is 0 Å². The normalized spacial score (nSPS) is 29.4. The van der Waals surface area contributed by atoms with Crippen LogP contribution in [0, 0.1) is 0 Å². The molecule has 0 unspecified atom stereocenters. The van der Waals surface area contributed by atoms with Crippen LogP contribution in [-0.4, -0.2) is 39.1 Å². The summed E-state index contributed by atoms with van der Waals surface area (Å²) in [5.41, 5.74) is 1.02. The Morgan fingerprint density at radius 3 is 2.96 bits per heavy atom. The lowest BCUT2D eigenvalue weighted by molar-refractivity contribution is 0.00652. The molecule has 2 aromatic heterocycles. The summed E-state index contributed by atoms with van der Waals surface area (Å²) in [6.07, 6.45) is 3.39. The lowest BCUT2D eigenvalue weighted by Gasteiger charge is -2.42. The van der Waals surface area contributed by atoms with Crippen LogP contribution in [0.4, 0.5) is 4.39 Å². The molecule has 128 valence electrons. The van der Waals surface area contributed by atoms with E-state index in [1.807, 2.05) is 0 Å². The maximum absolute atomic E-state index is 14.5. The van der Waals surface area contributed by atoms with E-state index in [4.69, 9.17) is 9.15 Å². The number of nitrogens with zero attached hydrogens (tertiary/aromatic N) is 3. The van der Waals surface area contributed by atoms with Crippen LogP contribution in [0.5, 0.6) is 5.88 Å². The number of hydrogen-bond donors (Lipinski definition) is 1. The SMILES string of the molecule is Cn1c(-c2ccc(O[C@@H]3C[C@H]4CCC[C@H](N4)[C@@H]3F)nn2)coc1=O. The number of halogens is 1. The van der Waals surface area contributed by atoms with Crippen molar-refractivity contribution in [3.8, 4) is 17.3 Å². The van der Waals surface area contributed by atoms with Crippen LogP contribution in [0.1, 0.15) is 25.7 Å². The fraction of sp³-hybridized carbons (Fsp3) is 0.562. The van der Waals surface area contributed by atoms with Crippen LogP contribution in [0.25, 0.3) is 11.4 Å². The van der Waals surface area contributed by atoms with Crippen molar-refractivity contribution in [3.63, 3.8) is 0 Å². The summed E-state index contributed by atoms with van der Waals surface area (Å²) in [6, 6.07) is 3.51. The maximum atomic E-state index is 14.5. The number of nitrogens with one attached hydrogen (secondary N) is 1. The second kappa shape index (κ2) is 6.01. The van der Waals surface area contributed by atoms with Gasteiger partial charge in [0.2, 0.25) is 5.88 Å². The molecule has 0 spiro atoms. The van der Waals surface area contributed by atoms with Crippen molar-refractivity contribution in [2.24, 2.45) is 7.05 Å². The fourth-order valence-corrected chi connectivity index (χ4v) is 3.54. The van der Waals surface area contributed by atoms with Gasteiger partial charge in [0, 0.05) is 31.6 Å². The van der Waals surface area contributed by atoms with Gasteiger partial charge in [-0.3, -0.25) is 4.57 Å². The molecule has 2 aliphatic heterocycles. The van der Waals surface area contributed by atoms with Gasteiger partial charge in [-0.1, -0.05) is 6.42 Å². The molecule has 8 heteroatoms. The van der Waals surface area contributed by atoms with E-state index in [-0.39, 0.29) is 6.04 Å². The maximum Gasteiger partial charge on any atom is 0.419 e. The highest BCUT2D eigenvalue weighted by Gasteiger charge is 2.41. The molecule has 7 nitrogen and oxygen atoms in total. The highest BCUT2D eigenvalue weighted by Crippen LogP contribution is 2.30. The third-order valence-electron chi connectivity index (χ3n) is 4.86. The number of piperidine rings is 2. The van der Waals surface area contributed by atoms with Crippen LogP contribution in [0.2, 0.25) is 0 Å². The number of alkyl halides is 1. The lowest BCUT2D eigenvalue weighted by Crippen LogP contribution is -2.59. The summed E-state index contributed by atoms with van der Waals surface area (Å²) < 4.78 is 26.4. The first-order valence-electron chi connectivity index (χ1n) is 8.17. The highest BCUT2D eigenvalue weighted by atomic mass is 19.1. The molecule has 1 N–H and O–H groups in total. The molecule has 0 radical (unpaired) electrons. The Kier molecular flexibility index (Phi) is 3.84. The summed E-state index contributed by atoms with van der Waals surface area (Å²) in [7, 11) is 1.59. The van der Waals surface area contributed by atoms with E-state index in [2.05, 4.69) is 15.5 Å².